The Morgan fingerprint density at radius 2 is 1.70 bits per heavy atom. The highest BCUT2D eigenvalue weighted by Gasteiger charge is 2.29. The summed E-state index contributed by atoms with van der Waals surface area (Å²) in [6.45, 7) is 10.1. The highest BCUT2D eigenvalue weighted by molar-refractivity contribution is 5.88. The second kappa shape index (κ2) is 10.9. The predicted octanol–water partition coefficient (Wildman–Crippen LogP) is 4.71. The van der Waals surface area contributed by atoms with Gasteiger partial charge in [-0.25, -0.2) is 4.39 Å². The largest absolute Gasteiger partial charge is 0.352 e. The van der Waals surface area contributed by atoms with Crippen LogP contribution < -0.4 is 5.32 Å². The Kier molecular flexibility index (Phi) is 8.58. The topological polar surface area (TPSA) is 49.4 Å². The van der Waals surface area contributed by atoms with Gasteiger partial charge in [0.15, 0.2) is 0 Å². The lowest BCUT2D eigenvalue weighted by atomic mass is 10.0. The lowest BCUT2D eigenvalue weighted by molar-refractivity contribution is -0.141. The van der Waals surface area contributed by atoms with Gasteiger partial charge in [0.1, 0.15) is 11.9 Å². The molecule has 0 saturated carbocycles. The summed E-state index contributed by atoms with van der Waals surface area (Å²) in [6.07, 6.45) is 1.54. The van der Waals surface area contributed by atoms with Gasteiger partial charge in [0.05, 0.1) is 6.42 Å². The summed E-state index contributed by atoms with van der Waals surface area (Å²) in [5, 5.41) is 3.00. The van der Waals surface area contributed by atoms with Crippen LogP contribution in [0, 0.1) is 19.7 Å². The minimum Gasteiger partial charge on any atom is -0.352 e. The van der Waals surface area contributed by atoms with Crippen LogP contribution in [0.3, 0.4) is 0 Å². The van der Waals surface area contributed by atoms with Crippen LogP contribution in [0.2, 0.25) is 0 Å². The second-order valence-corrected chi connectivity index (χ2v) is 8.00. The van der Waals surface area contributed by atoms with Crippen LogP contribution in [0.5, 0.6) is 0 Å². The molecular weight excluding hydrogens is 379 g/mol. The van der Waals surface area contributed by atoms with Crippen LogP contribution >= 0.6 is 0 Å². The molecule has 162 valence electrons. The van der Waals surface area contributed by atoms with Gasteiger partial charge in [-0.2, -0.15) is 0 Å². The molecule has 0 spiro atoms. The fourth-order valence-electron chi connectivity index (χ4n) is 3.40. The van der Waals surface area contributed by atoms with E-state index in [0.29, 0.717) is 6.42 Å². The van der Waals surface area contributed by atoms with Gasteiger partial charge in [-0.3, -0.25) is 9.59 Å². The molecule has 0 aliphatic rings. The Bertz CT molecular complexity index is 864. The number of amides is 2. The van der Waals surface area contributed by atoms with Gasteiger partial charge in [-0.05, 0) is 62.4 Å². The number of aryl methyl sites for hydroxylation is 2. The third-order valence-electron chi connectivity index (χ3n) is 5.50. The number of carbonyl (C=O) groups is 2. The third-order valence-corrected chi connectivity index (χ3v) is 5.50. The van der Waals surface area contributed by atoms with E-state index in [9.17, 15) is 14.0 Å². The molecule has 1 N–H and O–H groups in total. The third kappa shape index (κ3) is 6.41. The molecule has 0 aliphatic heterocycles. The van der Waals surface area contributed by atoms with Gasteiger partial charge in [-0.1, -0.05) is 49.7 Å². The number of carbonyl (C=O) groups excluding carboxylic acids is 2. The SMILES string of the molecule is CC[C@@H](C)NC(=O)[C@H](CC)N(Cc1ccc(F)cc1)C(=O)Cc1cc(C)ccc1C. The number of halogens is 1. The van der Waals surface area contributed by atoms with E-state index < -0.39 is 6.04 Å². The molecule has 0 bridgehead atoms. The molecule has 2 atom stereocenters. The Morgan fingerprint density at radius 1 is 1.03 bits per heavy atom. The first-order valence-corrected chi connectivity index (χ1v) is 10.7. The van der Waals surface area contributed by atoms with Gasteiger partial charge in [0.2, 0.25) is 11.8 Å². The highest BCUT2D eigenvalue weighted by atomic mass is 19.1. The van der Waals surface area contributed by atoms with Crippen LogP contribution in [0.15, 0.2) is 42.5 Å². The van der Waals surface area contributed by atoms with Crippen molar-refractivity contribution in [2.75, 3.05) is 0 Å². The molecule has 2 rings (SSSR count). The second-order valence-electron chi connectivity index (χ2n) is 8.00. The quantitative estimate of drug-likeness (QED) is 0.649. The van der Waals surface area contributed by atoms with E-state index in [1.807, 2.05) is 52.8 Å². The zero-order valence-electron chi connectivity index (χ0n) is 18.7. The van der Waals surface area contributed by atoms with Crippen LogP contribution in [-0.4, -0.2) is 28.8 Å². The average Bonchev–Trinajstić information content (AvgIpc) is 2.71. The number of rotatable bonds is 9. The zero-order valence-corrected chi connectivity index (χ0v) is 18.7. The van der Waals surface area contributed by atoms with Crippen LogP contribution in [0.25, 0.3) is 0 Å². The fourth-order valence-corrected chi connectivity index (χ4v) is 3.40. The maximum absolute atomic E-state index is 13.4. The standard InChI is InChI=1S/C25H33FN2O2/c1-6-19(5)27-25(30)23(7-2)28(16-20-10-12-22(26)13-11-20)24(29)15-21-14-17(3)8-9-18(21)4/h8-14,19,23H,6-7,15-16H2,1-5H3,(H,27,30)/t19-,23+/m1/s1. The van der Waals surface area contributed by atoms with Crippen LogP contribution in [0.1, 0.15) is 55.9 Å². The molecule has 0 aliphatic carbocycles. The molecule has 4 nitrogen and oxygen atoms in total. The van der Waals surface area contributed by atoms with Crippen molar-refractivity contribution in [3.8, 4) is 0 Å². The molecule has 0 fully saturated rings. The summed E-state index contributed by atoms with van der Waals surface area (Å²) >= 11 is 0. The molecule has 0 radical (unpaired) electrons. The fraction of sp³-hybridized carbons (Fsp3) is 0.440. The molecular formula is C25H33FN2O2. The molecule has 2 aromatic rings. The van der Waals surface area contributed by atoms with E-state index in [1.165, 1.54) is 12.1 Å². The normalized spacial score (nSPS) is 12.9. The Labute approximate surface area is 179 Å². The minimum atomic E-state index is -0.582. The van der Waals surface area contributed by atoms with Gasteiger partial charge in [0, 0.05) is 12.6 Å². The van der Waals surface area contributed by atoms with Crippen molar-refractivity contribution in [1.29, 1.82) is 0 Å². The van der Waals surface area contributed by atoms with Crippen molar-refractivity contribution < 1.29 is 14.0 Å². The molecule has 0 saturated heterocycles. The maximum atomic E-state index is 13.4. The number of nitrogens with one attached hydrogen (secondary N) is 1. The maximum Gasteiger partial charge on any atom is 0.243 e. The Balaban J connectivity index is 2.32. The van der Waals surface area contributed by atoms with E-state index in [4.69, 9.17) is 0 Å². The molecule has 5 heteroatoms. The first-order valence-electron chi connectivity index (χ1n) is 10.7. The average molecular weight is 413 g/mol. The van der Waals surface area contributed by atoms with Gasteiger partial charge in [0.25, 0.3) is 0 Å². The molecule has 2 aromatic carbocycles. The first-order chi connectivity index (χ1) is 14.2. The van der Waals surface area contributed by atoms with Crippen LogP contribution in [0.4, 0.5) is 4.39 Å². The number of nitrogens with zero attached hydrogens (tertiary/aromatic N) is 1. The molecule has 30 heavy (non-hydrogen) atoms. The minimum absolute atomic E-state index is 0.0355. The van der Waals surface area contributed by atoms with Gasteiger partial charge < -0.3 is 10.2 Å². The predicted molar refractivity (Wildman–Crippen MR) is 119 cm³/mol. The number of hydrogen-bond donors (Lipinski definition) is 1. The first kappa shape index (κ1) is 23.6. The summed E-state index contributed by atoms with van der Waals surface area (Å²) in [5.41, 5.74) is 3.89. The van der Waals surface area contributed by atoms with Crippen LogP contribution in [-0.2, 0) is 22.6 Å². The van der Waals surface area contributed by atoms with Gasteiger partial charge >= 0.3 is 0 Å². The summed E-state index contributed by atoms with van der Waals surface area (Å²) in [6, 6.07) is 11.6. The highest BCUT2D eigenvalue weighted by Crippen LogP contribution is 2.18. The van der Waals surface area contributed by atoms with Crippen molar-refractivity contribution in [2.45, 2.75) is 72.5 Å². The monoisotopic (exact) mass is 412 g/mol. The number of benzene rings is 2. The van der Waals surface area contributed by atoms with E-state index in [2.05, 4.69) is 5.32 Å². The summed E-state index contributed by atoms with van der Waals surface area (Å²) in [5.74, 6) is -0.587. The number of hydrogen-bond acceptors (Lipinski definition) is 2. The lowest BCUT2D eigenvalue weighted by Gasteiger charge is -2.31. The Hall–Kier alpha value is -2.69. The van der Waals surface area contributed by atoms with Crippen molar-refractivity contribution in [2.24, 2.45) is 0 Å². The van der Waals surface area contributed by atoms with Gasteiger partial charge in [-0.15, -0.1) is 0 Å². The van der Waals surface area contributed by atoms with Crippen molar-refractivity contribution in [1.82, 2.24) is 10.2 Å². The van der Waals surface area contributed by atoms with Crippen molar-refractivity contribution >= 4 is 11.8 Å². The molecule has 0 aromatic heterocycles. The van der Waals surface area contributed by atoms with E-state index in [1.54, 1.807) is 17.0 Å². The molecule has 2 amide bonds. The van der Waals surface area contributed by atoms with E-state index in [-0.39, 0.29) is 36.6 Å². The summed E-state index contributed by atoms with van der Waals surface area (Å²) in [7, 11) is 0. The summed E-state index contributed by atoms with van der Waals surface area (Å²) in [4.78, 5) is 28.0. The van der Waals surface area contributed by atoms with Crippen molar-refractivity contribution in [3.05, 3.63) is 70.5 Å². The van der Waals surface area contributed by atoms with Crippen molar-refractivity contribution in [3.63, 3.8) is 0 Å². The molecule has 0 heterocycles. The molecule has 0 unspecified atom stereocenters. The van der Waals surface area contributed by atoms with E-state index in [0.717, 1.165) is 28.7 Å². The Morgan fingerprint density at radius 3 is 2.30 bits per heavy atom. The summed E-state index contributed by atoms with van der Waals surface area (Å²) < 4.78 is 13.3. The van der Waals surface area contributed by atoms with E-state index >= 15 is 0 Å². The smallest absolute Gasteiger partial charge is 0.243 e. The lowest BCUT2D eigenvalue weighted by Crippen LogP contribution is -2.51. The zero-order chi connectivity index (χ0) is 22.3.